The molecule has 3 aromatic rings. The summed E-state index contributed by atoms with van der Waals surface area (Å²) >= 11 is 0. The van der Waals surface area contributed by atoms with Crippen LogP contribution in [0.2, 0.25) is 0 Å². The normalized spacial score (nSPS) is 14.1. The number of carbonyl (C=O) groups excluding carboxylic acids is 1. The molecule has 30 heavy (non-hydrogen) atoms. The molecule has 0 radical (unpaired) electrons. The van der Waals surface area contributed by atoms with Crippen LogP contribution in [0.15, 0.2) is 48.5 Å². The Morgan fingerprint density at radius 3 is 2.20 bits per heavy atom. The number of anilines is 1. The van der Waals surface area contributed by atoms with Crippen molar-refractivity contribution in [3.05, 3.63) is 54.2 Å². The summed E-state index contributed by atoms with van der Waals surface area (Å²) < 4.78 is 10.6. The van der Waals surface area contributed by atoms with Crippen LogP contribution in [-0.2, 0) is 11.2 Å². The minimum Gasteiger partial charge on any atom is -0.497 e. The Kier molecular flexibility index (Phi) is 5.97. The quantitative estimate of drug-likeness (QED) is 0.627. The number of methoxy groups -OCH3 is 2. The van der Waals surface area contributed by atoms with Gasteiger partial charge in [-0.05, 0) is 36.4 Å². The Morgan fingerprint density at radius 1 is 0.900 bits per heavy atom. The number of benzene rings is 2. The molecule has 2 heterocycles. The summed E-state index contributed by atoms with van der Waals surface area (Å²) in [6, 6.07) is 15.7. The summed E-state index contributed by atoms with van der Waals surface area (Å²) in [6.07, 6.45) is 0.907. The number of hydrogen-bond donors (Lipinski definition) is 0. The summed E-state index contributed by atoms with van der Waals surface area (Å²) in [5, 5.41) is 0. The second kappa shape index (κ2) is 8.98. The van der Waals surface area contributed by atoms with Gasteiger partial charge in [-0.2, -0.15) is 0 Å². The largest absolute Gasteiger partial charge is 0.497 e. The maximum atomic E-state index is 12.8. The third-order valence-corrected chi connectivity index (χ3v) is 5.44. The van der Waals surface area contributed by atoms with Crippen LogP contribution in [0.1, 0.15) is 12.1 Å². The maximum Gasteiger partial charge on any atom is 0.235 e. The molecule has 0 spiro atoms. The number of nitrogens with zero attached hydrogens (tertiary/aromatic N) is 4. The number of amides is 1. The van der Waals surface area contributed by atoms with Crippen LogP contribution < -0.4 is 14.4 Å². The predicted molar refractivity (Wildman–Crippen MR) is 116 cm³/mol. The molecule has 1 aliphatic heterocycles. The lowest BCUT2D eigenvalue weighted by atomic mass is 10.2. The summed E-state index contributed by atoms with van der Waals surface area (Å²) in [7, 11) is 3.25. The molecule has 1 fully saturated rings. The maximum absolute atomic E-state index is 12.8. The average Bonchev–Trinajstić information content (AvgIpc) is 2.82. The Labute approximate surface area is 176 Å². The highest BCUT2D eigenvalue weighted by molar-refractivity contribution is 5.77. The molecule has 7 heteroatoms. The number of aryl methyl sites for hydroxylation is 1. The molecule has 1 amide bonds. The van der Waals surface area contributed by atoms with Gasteiger partial charge in [-0.15, -0.1) is 0 Å². The van der Waals surface area contributed by atoms with Crippen LogP contribution in [0.25, 0.3) is 11.0 Å². The van der Waals surface area contributed by atoms with E-state index in [4.69, 9.17) is 9.47 Å². The van der Waals surface area contributed by atoms with Crippen LogP contribution in [0.5, 0.6) is 11.6 Å². The minimum atomic E-state index is 0.140. The van der Waals surface area contributed by atoms with Gasteiger partial charge in [-0.1, -0.05) is 12.1 Å². The third kappa shape index (κ3) is 4.30. The highest BCUT2D eigenvalue weighted by Gasteiger charge is 2.22. The van der Waals surface area contributed by atoms with E-state index in [1.807, 2.05) is 41.3 Å². The van der Waals surface area contributed by atoms with E-state index < -0.39 is 0 Å². The minimum absolute atomic E-state index is 0.140. The van der Waals surface area contributed by atoms with Gasteiger partial charge in [0.15, 0.2) is 0 Å². The lowest BCUT2D eigenvalue weighted by Gasteiger charge is -2.36. The first-order valence-corrected chi connectivity index (χ1v) is 10.1. The van der Waals surface area contributed by atoms with E-state index in [1.165, 1.54) is 0 Å². The zero-order chi connectivity index (χ0) is 20.9. The fourth-order valence-electron chi connectivity index (χ4n) is 3.74. The zero-order valence-corrected chi connectivity index (χ0v) is 17.4. The second-order valence-electron chi connectivity index (χ2n) is 7.23. The van der Waals surface area contributed by atoms with Gasteiger partial charge in [-0.3, -0.25) is 4.79 Å². The van der Waals surface area contributed by atoms with Gasteiger partial charge in [0.05, 0.1) is 25.3 Å². The fourth-order valence-corrected chi connectivity index (χ4v) is 3.74. The van der Waals surface area contributed by atoms with E-state index in [9.17, 15) is 4.79 Å². The predicted octanol–water partition coefficient (Wildman–Crippen LogP) is 2.93. The molecule has 0 N–H and O–H groups in total. The number of ether oxygens (including phenoxy) is 2. The van der Waals surface area contributed by atoms with E-state index in [2.05, 4.69) is 27.0 Å². The fraction of sp³-hybridized carbons (Fsp3) is 0.348. The Morgan fingerprint density at radius 2 is 1.57 bits per heavy atom. The monoisotopic (exact) mass is 406 g/mol. The molecule has 2 aromatic carbocycles. The van der Waals surface area contributed by atoms with Gasteiger partial charge < -0.3 is 19.3 Å². The van der Waals surface area contributed by atoms with E-state index >= 15 is 0 Å². The molecule has 0 aliphatic carbocycles. The third-order valence-electron chi connectivity index (χ3n) is 5.44. The van der Waals surface area contributed by atoms with E-state index in [1.54, 1.807) is 14.2 Å². The average molecular weight is 406 g/mol. The Hall–Kier alpha value is -3.35. The van der Waals surface area contributed by atoms with Gasteiger partial charge >= 0.3 is 0 Å². The van der Waals surface area contributed by atoms with Gasteiger partial charge in [0.1, 0.15) is 11.4 Å². The SMILES string of the molecule is COc1ccc(N2CCN(C(=O)CCc3nc4ccccc4nc3OC)CC2)cc1. The molecule has 1 saturated heterocycles. The van der Waals surface area contributed by atoms with Crippen molar-refractivity contribution in [1.82, 2.24) is 14.9 Å². The molecule has 1 aliphatic rings. The highest BCUT2D eigenvalue weighted by atomic mass is 16.5. The van der Waals surface area contributed by atoms with Crippen molar-refractivity contribution >= 4 is 22.6 Å². The van der Waals surface area contributed by atoms with Gasteiger partial charge in [0, 0.05) is 44.7 Å². The van der Waals surface area contributed by atoms with Crippen molar-refractivity contribution in [1.29, 1.82) is 0 Å². The topological polar surface area (TPSA) is 67.8 Å². The van der Waals surface area contributed by atoms with Crippen LogP contribution >= 0.6 is 0 Å². The van der Waals surface area contributed by atoms with Crippen LogP contribution in [0, 0.1) is 0 Å². The number of fused-ring (bicyclic) bond motifs is 1. The molecular formula is C23H26N4O3. The second-order valence-corrected chi connectivity index (χ2v) is 7.23. The first-order chi connectivity index (χ1) is 14.7. The smallest absolute Gasteiger partial charge is 0.235 e. The molecule has 156 valence electrons. The first-order valence-electron chi connectivity index (χ1n) is 10.1. The van der Waals surface area contributed by atoms with E-state index in [-0.39, 0.29) is 5.91 Å². The summed E-state index contributed by atoms with van der Waals surface area (Å²) in [5.41, 5.74) is 3.48. The molecular weight excluding hydrogens is 380 g/mol. The standard InChI is InChI=1S/C23H26N4O3/c1-29-18-9-7-17(8-10-18)26-13-15-27(16-14-26)22(28)12-11-21-23(30-2)25-20-6-4-3-5-19(20)24-21/h3-10H,11-16H2,1-2H3. The number of piperazine rings is 1. The zero-order valence-electron chi connectivity index (χ0n) is 17.4. The highest BCUT2D eigenvalue weighted by Crippen LogP contribution is 2.22. The molecule has 0 saturated carbocycles. The lowest BCUT2D eigenvalue weighted by molar-refractivity contribution is -0.131. The number of rotatable bonds is 6. The lowest BCUT2D eigenvalue weighted by Crippen LogP contribution is -2.48. The van der Waals surface area contributed by atoms with Crippen molar-refractivity contribution in [3.63, 3.8) is 0 Å². The molecule has 7 nitrogen and oxygen atoms in total. The first kappa shape index (κ1) is 19.9. The van der Waals surface area contributed by atoms with Gasteiger partial charge in [0.2, 0.25) is 11.8 Å². The van der Waals surface area contributed by atoms with Crippen molar-refractivity contribution < 1.29 is 14.3 Å². The summed E-state index contributed by atoms with van der Waals surface area (Å²) in [6.45, 7) is 3.06. The van der Waals surface area contributed by atoms with Crippen molar-refractivity contribution in [2.75, 3.05) is 45.3 Å². The summed E-state index contributed by atoms with van der Waals surface area (Å²) in [5.74, 6) is 1.48. The number of aromatic nitrogens is 2. The van der Waals surface area contributed by atoms with Crippen LogP contribution in [-0.4, -0.2) is 61.2 Å². The van der Waals surface area contributed by atoms with Crippen LogP contribution in [0.4, 0.5) is 5.69 Å². The molecule has 4 rings (SSSR count). The van der Waals surface area contributed by atoms with Gasteiger partial charge in [0.25, 0.3) is 0 Å². The number of carbonyl (C=O) groups is 1. The summed E-state index contributed by atoms with van der Waals surface area (Å²) in [4.78, 5) is 26.2. The van der Waals surface area contributed by atoms with Crippen molar-refractivity contribution in [3.8, 4) is 11.6 Å². The van der Waals surface area contributed by atoms with E-state index in [0.717, 1.165) is 41.3 Å². The molecule has 0 atom stereocenters. The molecule has 1 aromatic heterocycles. The number of para-hydroxylation sites is 2. The van der Waals surface area contributed by atoms with Crippen LogP contribution in [0.3, 0.4) is 0 Å². The molecule has 0 unspecified atom stereocenters. The van der Waals surface area contributed by atoms with E-state index in [0.29, 0.717) is 31.8 Å². The van der Waals surface area contributed by atoms with Gasteiger partial charge in [-0.25, -0.2) is 9.97 Å². The Bertz CT molecular complexity index is 1010. The van der Waals surface area contributed by atoms with Crippen molar-refractivity contribution in [2.45, 2.75) is 12.8 Å². The van der Waals surface area contributed by atoms with Crippen molar-refractivity contribution in [2.24, 2.45) is 0 Å². The number of hydrogen-bond acceptors (Lipinski definition) is 6. The molecule has 0 bridgehead atoms. The Balaban J connectivity index is 1.34.